The smallest absolute Gasteiger partial charge is 0.0685 e. The van der Waals surface area contributed by atoms with Gasteiger partial charge in [-0.3, -0.25) is 0 Å². The lowest BCUT2D eigenvalue weighted by molar-refractivity contribution is 0.101. The van der Waals surface area contributed by atoms with Crippen LogP contribution in [0.4, 0.5) is 0 Å². The predicted octanol–water partition coefficient (Wildman–Crippen LogP) is 2.21. The Morgan fingerprint density at radius 2 is 2.14 bits per heavy atom. The van der Waals surface area contributed by atoms with Crippen molar-refractivity contribution in [3.63, 3.8) is 0 Å². The molecule has 2 heteroatoms. The molecule has 1 aromatic rings. The third-order valence-corrected chi connectivity index (χ3v) is 2.28. The van der Waals surface area contributed by atoms with Crippen LogP contribution in [0, 0.1) is 6.92 Å². The van der Waals surface area contributed by atoms with Crippen molar-refractivity contribution in [2.45, 2.75) is 26.3 Å². The number of benzene rings is 1. The van der Waals surface area contributed by atoms with E-state index in [2.05, 4.69) is 19.1 Å². The first kappa shape index (κ1) is 11.2. The number of nitrogens with two attached hydrogens (primary N) is 1. The fraction of sp³-hybridized carbons (Fsp3) is 0.500. The standard InChI is InChI=1S/C12H19NO/c1-4-14-9-12(3,13)11-7-5-6-10(2)8-11/h5-8H,4,9,13H2,1-3H3. The molecular formula is C12H19NO. The van der Waals surface area contributed by atoms with E-state index < -0.39 is 0 Å². The average molecular weight is 193 g/mol. The molecule has 1 atom stereocenters. The van der Waals surface area contributed by atoms with Crippen LogP contribution in [0.3, 0.4) is 0 Å². The van der Waals surface area contributed by atoms with Crippen LogP contribution < -0.4 is 5.73 Å². The summed E-state index contributed by atoms with van der Waals surface area (Å²) in [7, 11) is 0. The van der Waals surface area contributed by atoms with Crippen molar-refractivity contribution in [1.29, 1.82) is 0 Å². The van der Waals surface area contributed by atoms with Gasteiger partial charge < -0.3 is 10.5 Å². The van der Waals surface area contributed by atoms with Crippen molar-refractivity contribution >= 4 is 0 Å². The maximum Gasteiger partial charge on any atom is 0.0685 e. The molecule has 0 aromatic heterocycles. The lowest BCUT2D eigenvalue weighted by atomic mass is 9.93. The van der Waals surface area contributed by atoms with E-state index >= 15 is 0 Å². The SMILES string of the molecule is CCOCC(C)(N)c1cccc(C)c1. The lowest BCUT2D eigenvalue weighted by Crippen LogP contribution is -2.38. The van der Waals surface area contributed by atoms with Crippen LogP contribution in [0.2, 0.25) is 0 Å². The van der Waals surface area contributed by atoms with Crippen molar-refractivity contribution in [3.8, 4) is 0 Å². The molecule has 0 aliphatic heterocycles. The van der Waals surface area contributed by atoms with Gasteiger partial charge in [-0.1, -0.05) is 29.8 Å². The second-order valence-electron chi connectivity index (χ2n) is 3.92. The van der Waals surface area contributed by atoms with Gasteiger partial charge in [-0.15, -0.1) is 0 Å². The van der Waals surface area contributed by atoms with E-state index in [4.69, 9.17) is 10.5 Å². The van der Waals surface area contributed by atoms with Crippen LogP contribution >= 0.6 is 0 Å². The first-order valence-corrected chi connectivity index (χ1v) is 5.00. The second-order valence-corrected chi connectivity index (χ2v) is 3.92. The minimum atomic E-state index is -0.387. The summed E-state index contributed by atoms with van der Waals surface area (Å²) in [5.41, 5.74) is 8.14. The van der Waals surface area contributed by atoms with Gasteiger partial charge >= 0.3 is 0 Å². The van der Waals surface area contributed by atoms with Crippen molar-refractivity contribution < 1.29 is 4.74 Å². The first-order chi connectivity index (χ1) is 6.56. The normalized spacial score (nSPS) is 15.1. The minimum absolute atomic E-state index is 0.387. The molecule has 0 heterocycles. The topological polar surface area (TPSA) is 35.2 Å². The summed E-state index contributed by atoms with van der Waals surface area (Å²) in [5.74, 6) is 0. The van der Waals surface area contributed by atoms with Crippen LogP contribution in [0.25, 0.3) is 0 Å². The number of rotatable bonds is 4. The van der Waals surface area contributed by atoms with Crippen molar-refractivity contribution in [2.24, 2.45) is 5.73 Å². The van der Waals surface area contributed by atoms with E-state index in [9.17, 15) is 0 Å². The molecule has 1 unspecified atom stereocenters. The lowest BCUT2D eigenvalue weighted by Gasteiger charge is -2.25. The van der Waals surface area contributed by atoms with Crippen LogP contribution in [0.5, 0.6) is 0 Å². The molecule has 0 amide bonds. The third-order valence-electron chi connectivity index (χ3n) is 2.28. The maximum absolute atomic E-state index is 6.17. The summed E-state index contributed by atoms with van der Waals surface area (Å²) in [5, 5.41) is 0. The van der Waals surface area contributed by atoms with Gasteiger partial charge in [0.1, 0.15) is 0 Å². The van der Waals surface area contributed by atoms with Crippen molar-refractivity contribution in [1.82, 2.24) is 0 Å². The maximum atomic E-state index is 6.17. The van der Waals surface area contributed by atoms with Crippen LogP contribution in [-0.2, 0) is 10.3 Å². The molecule has 0 saturated heterocycles. The van der Waals surface area contributed by atoms with E-state index in [0.29, 0.717) is 13.2 Å². The molecule has 14 heavy (non-hydrogen) atoms. The Morgan fingerprint density at radius 1 is 1.43 bits per heavy atom. The monoisotopic (exact) mass is 193 g/mol. The van der Waals surface area contributed by atoms with Gasteiger partial charge in [-0.05, 0) is 26.3 Å². The molecule has 0 saturated carbocycles. The molecule has 0 fully saturated rings. The highest BCUT2D eigenvalue weighted by Crippen LogP contribution is 2.18. The number of hydrogen-bond donors (Lipinski definition) is 1. The molecule has 78 valence electrons. The molecule has 1 aromatic carbocycles. The molecule has 0 radical (unpaired) electrons. The van der Waals surface area contributed by atoms with Gasteiger partial charge in [0.2, 0.25) is 0 Å². The minimum Gasteiger partial charge on any atom is -0.379 e. The Kier molecular flexibility index (Phi) is 3.67. The highest BCUT2D eigenvalue weighted by molar-refractivity contribution is 5.28. The van der Waals surface area contributed by atoms with Crippen LogP contribution in [0.1, 0.15) is 25.0 Å². The molecule has 0 aliphatic rings. The molecule has 2 N–H and O–H groups in total. The Labute approximate surface area is 86.1 Å². The quantitative estimate of drug-likeness (QED) is 0.795. The number of hydrogen-bond acceptors (Lipinski definition) is 2. The predicted molar refractivity (Wildman–Crippen MR) is 59.2 cm³/mol. The van der Waals surface area contributed by atoms with E-state index in [1.165, 1.54) is 5.56 Å². The van der Waals surface area contributed by atoms with Crippen molar-refractivity contribution in [3.05, 3.63) is 35.4 Å². The average Bonchev–Trinajstić information content (AvgIpc) is 2.15. The van der Waals surface area contributed by atoms with Crippen LogP contribution in [0.15, 0.2) is 24.3 Å². The van der Waals surface area contributed by atoms with E-state index in [0.717, 1.165) is 5.56 Å². The number of ether oxygens (including phenoxy) is 1. The third kappa shape index (κ3) is 2.82. The van der Waals surface area contributed by atoms with Crippen LogP contribution in [-0.4, -0.2) is 13.2 Å². The summed E-state index contributed by atoms with van der Waals surface area (Å²) in [6, 6.07) is 8.26. The molecule has 1 rings (SSSR count). The van der Waals surface area contributed by atoms with Gasteiger partial charge in [-0.2, -0.15) is 0 Å². The van der Waals surface area contributed by atoms with Gasteiger partial charge in [0, 0.05) is 6.61 Å². The zero-order valence-electron chi connectivity index (χ0n) is 9.21. The fourth-order valence-electron chi connectivity index (χ4n) is 1.40. The Bertz CT molecular complexity index is 294. The van der Waals surface area contributed by atoms with Gasteiger partial charge in [0.25, 0.3) is 0 Å². The number of aryl methyl sites for hydroxylation is 1. The van der Waals surface area contributed by atoms with Gasteiger partial charge in [-0.25, -0.2) is 0 Å². The second kappa shape index (κ2) is 4.58. The van der Waals surface area contributed by atoms with Crippen molar-refractivity contribution in [2.75, 3.05) is 13.2 Å². The fourth-order valence-corrected chi connectivity index (χ4v) is 1.40. The van der Waals surface area contributed by atoms with E-state index in [1.807, 2.05) is 26.0 Å². The Balaban J connectivity index is 2.80. The molecule has 2 nitrogen and oxygen atoms in total. The zero-order valence-corrected chi connectivity index (χ0v) is 9.21. The largest absolute Gasteiger partial charge is 0.379 e. The molecule has 0 spiro atoms. The summed E-state index contributed by atoms with van der Waals surface area (Å²) in [6.07, 6.45) is 0. The Morgan fingerprint density at radius 3 is 2.71 bits per heavy atom. The van der Waals surface area contributed by atoms with E-state index in [-0.39, 0.29) is 5.54 Å². The Hall–Kier alpha value is -0.860. The first-order valence-electron chi connectivity index (χ1n) is 5.00. The van der Waals surface area contributed by atoms with Gasteiger partial charge in [0.15, 0.2) is 0 Å². The van der Waals surface area contributed by atoms with E-state index in [1.54, 1.807) is 0 Å². The summed E-state index contributed by atoms with van der Waals surface area (Å²) >= 11 is 0. The zero-order chi connectivity index (χ0) is 10.6. The van der Waals surface area contributed by atoms with Gasteiger partial charge in [0.05, 0.1) is 12.1 Å². The summed E-state index contributed by atoms with van der Waals surface area (Å²) in [4.78, 5) is 0. The summed E-state index contributed by atoms with van der Waals surface area (Å²) in [6.45, 7) is 7.32. The summed E-state index contributed by atoms with van der Waals surface area (Å²) < 4.78 is 5.37. The molecule has 0 bridgehead atoms. The highest BCUT2D eigenvalue weighted by Gasteiger charge is 2.20. The molecule has 0 aliphatic carbocycles. The molecular weight excluding hydrogens is 174 g/mol. The highest BCUT2D eigenvalue weighted by atomic mass is 16.5.